The number of hydrogen-bond donors (Lipinski definition) is 0. The minimum atomic E-state index is 0.260. The van der Waals surface area contributed by atoms with E-state index in [1.54, 1.807) is 6.92 Å². The van der Waals surface area contributed by atoms with Crippen molar-refractivity contribution in [3.05, 3.63) is 18.1 Å². The van der Waals surface area contributed by atoms with Crippen molar-refractivity contribution in [1.82, 2.24) is 14.9 Å². The zero-order chi connectivity index (χ0) is 16.5. The van der Waals surface area contributed by atoms with Gasteiger partial charge in [-0.25, -0.2) is 9.97 Å². The molecule has 0 N–H and O–H groups in total. The zero-order valence-corrected chi connectivity index (χ0v) is 14.7. The van der Waals surface area contributed by atoms with Crippen LogP contribution in [0.3, 0.4) is 0 Å². The first-order valence-electron chi connectivity index (χ1n) is 9.59. The Hall–Kier alpha value is -1.65. The molecule has 0 unspecified atom stereocenters. The SMILES string of the molecule is CC(=O)N(C1CCC1)[C@@H]1CCCN(c2ccnc(C3CC3)n2)CC1. The quantitative estimate of drug-likeness (QED) is 0.852. The predicted molar refractivity (Wildman–Crippen MR) is 94.0 cm³/mol. The van der Waals surface area contributed by atoms with E-state index in [0.29, 0.717) is 18.0 Å². The maximum absolute atomic E-state index is 12.2. The lowest BCUT2D eigenvalue weighted by Gasteiger charge is -2.42. The molecule has 2 heterocycles. The van der Waals surface area contributed by atoms with Crippen LogP contribution in [-0.4, -0.2) is 45.9 Å². The highest BCUT2D eigenvalue weighted by Crippen LogP contribution is 2.38. The molecule has 0 radical (unpaired) electrons. The van der Waals surface area contributed by atoms with E-state index in [4.69, 9.17) is 4.98 Å². The van der Waals surface area contributed by atoms with Crippen LogP contribution in [0.4, 0.5) is 5.82 Å². The maximum atomic E-state index is 12.2. The second-order valence-electron chi connectivity index (χ2n) is 7.63. The third kappa shape index (κ3) is 3.26. The maximum Gasteiger partial charge on any atom is 0.219 e. The Morgan fingerprint density at radius 2 is 1.83 bits per heavy atom. The molecule has 4 rings (SSSR count). The topological polar surface area (TPSA) is 49.3 Å². The highest BCUT2D eigenvalue weighted by Gasteiger charge is 2.33. The minimum Gasteiger partial charge on any atom is -0.356 e. The van der Waals surface area contributed by atoms with Gasteiger partial charge in [-0.05, 0) is 57.4 Å². The molecule has 0 aromatic carbocycles. The average Bonchev–Trinajstić information content (AvgIpc) is 3.37. The van der Waals surface area contributed by atoms with Crippen molar-refractivity contribution in [1.29, 1.82) is 0 Å². The van der Waals surface area contributed by atoms with Crippen LogP contribution in [0.25, 0.3) is 0 Å². The smallest absolute Gasteiger partial charge is 0.219 e. The fraction of sp³-hybridized carbons (Fsp3) is 0.737. The van der Waals surface area contributed by atoms with Gasteiger partial charge in [-0.3, -0.25) is 4.79 Å². The summed E-state index contributed by atoms with van der Waals surface area (Å²) in [4.78, 5) is 26.0. The van der Waals surface area contributed by atoms with Gasteiger partial charge in [0.2, 0.25) is 5.91 Å². The molecule has 1 saturated heterocycles. The summed E-state index contributed by atoms with van der Waals surface area (Å²) in [5.74, 6) is 2.95. The molecule has 1 amide bonds. The molecule has 3 aliphatic rings. The van der Waals surface area contributed by atoms with Crippen LogP contribution < -0.4 is 4.90 Å². The average molecular weight is 328 g/mol. The zero-order valence-electron chi connectivity index (χ0n) is 14.7. The summed E-state index contributed by atoms with van der Waals surface area (Å²) in [7, 11) is 0. The lowest BCUT2D eigenvalue weighted by molar-refractivity contribution is -0.136. The number of nitrogens with zero attached hydrogens (tertiary/aromatic N) is 4. The van der Waals surface area contributed by atoms with Gasteiger partial charge in [0.1, 0.15) is 11.6 Å². The lowest BCUT2D eigenvalue weighted by atomic mass is 9.89. The van der Waals surface area contributed by atoms with Gasteiger partial charge in [-0.1, -0.05) is 0 Å². The lowest BCUT2D eigenvalue weighted by Crippen LogP contribution is -2.49. The fourth-order valence-corrected chi connectivity index (χ4v) is 4.14. The molecule has 130 valence electrons. The Morgan fingerprint density at radius 3 is 2.50 bits per heavy atom. The Bertz CT molecular complexity index is 597. The molecule has 1 aromatic rings. The first kappa shape index (κ1) is 15.9. The first-order chi connectivity index (χ1) is 11.7. The number of carbonyl (C=O) groups excluding carboxylic acids is 1. The van der Waals surface area contributed by atoms with Gasteiger partial charge < -0.3 is 9.80 Å². The molecule has 0 spiro atoms. The standard InChI is InChI=1S/C19H28N4O/c1-14(24)23(16-4-2-5-16)17-6-3-12-22(13-10-17)18-9-11-20-19(21-18)15-7-8-15/h9,11,15-17H,2-8,10,12-13H2,1H3/t17-/m1/s1. The number of aromatic nitrogens is 2. The normalized spacial score (nSPS) is 25.0. The summed E-state index contributed by atoms with van der Waals surface area (Å²) in [6, 6.07) is 2.95. The molecule has 2 saturated carbocycles. The molecular weight excluding hydrogens is 300 g/mol. The number of carbonyl (C=O) groups is 1. The van der Waals surface area contributed by atoms with E-state index >= 15 is 0 Å². The van der Waals surface area contributed by atoms with Crippen molar-refractivity contribution >= 4 is 11.7 Å². The van der Waals surface area contributed by atoms with Crippen LogP contribution >= 0.6 is 0 Å². The highest BCUT2D eigenvalue weighted by molar-refractivity contribution is 5.74. The van der Waals surface area contributed by atoms with E-state index in [0.717, 1.165) is 44.0 Å². The van der Waals surface area contributed by atoms with Crippen molar-refractivity contribution in [3.8, 4) is 0 Å². The molecule has 1 aliphatic heterocycles. The second-order valence-corrected chi connectivity index (χ2v) is 7.63. The van der Waals surface area contributed by atoms with E-state index in [-0.39, 0.29) is 5.91 Å². The van der Waals surface area contributed by atoms with Crippen LogP contribution in [0, 0.1) is 0 Å². The van der Waals surface area contributed by atoms with Gasteiger partial charge in [0.05, 0.1) is 0 Å². The Kier molecular flexibility index (Phi) is 4.42. The van der Waals surface area contributed by atoms with E-state index in [1.807, 2.05) is 12.3 Å². The van der Waals surface area contributed by atoms with E-state index in [9.17, 15) is 4.79 Å². The Labute approximate surface area is 144 Å². The van der Waals surface area contributed by atoms with Gasteiger partial charge in [-0.2, -0.15) is 0 Å². The third-order valence-electron chi connectivity index (χ3n) is 5.85. The number of rotatable bonds is 4. The summed E-state index contributed by atoms with van der Waals surface area (Å²) >= 11 is 0. The molecule has 2 aliphatic carbocycles. The van der Waals surface area contributed by atoms with E-state index in [2.05, 4.69) is 14.8 Å². The summed E-state index contributed by atoms with van der Waals surface area (Å²) in [5, 5.41) is 0. The van der Waals surface area contributed by atoms with Gasteiger partial charge in [-0.15, -0.1) is 0 Å². The van der Waals surface area contributed by atoms with Gasteiger partial charge in [0.15, 0.2) is 0 Å². The summed E-state index contributed by atoms with van der Waals surface area (Å²) < 4.78 is 0. The van der Waals surface area contributed by atoms with Crippen LogP contribution in [0.1, 0.15) is 70.0 Å². The summed E-state index contributed by atoms with van der Waals surface area (Å²) in [5.41, 5.74) is 0. The number of hydrogen-bond acceptors (Lipinski definition) is 4. The van der Waals surface area contributed by atoms with Crippen molar-refractivity contribution in [2.75, 3.05) is 18.0 Å². The van der Waals surface area contributed by atoms with Crippen molar-refractivity contribution in [2.24, 2.45) is 0 Å². The van der Waals surface area contributed by atoms with Crippen molar-refractivity contribution in [2.45, 2.75) is 76.3 Å². The van der Waals surface area contributed by atoms with Gasteiger partial charge >= 0.3 is 0 Å². The van der Waals surface area contributed by atoms with E-state index in [1.165, 1.54) is 32.1 Å². The molecule has 5 nitrogen and oxygen atoms in total. The second kappa shape index (κ2) is 6.69. The molecular formula is C19H28N4O. The van der Waals surface area contributed by atoms with Crippen LogP contribution in [0.15, 0.2) is 12.3 Å². The van der Waals surface area contributed by atoms with Crippen LogP contribution in [0.5, 0.6) is 0 Å². The minimum absolute atomic E-state index is 0.260. The molecule has 24 heavy (non-hydrogen) atoms. The number of amides is 1. The van der Waals surface area contributed by atoms with Gasteiger partial charge in [0.25, 0.3) is 0 Å². The first-order valence-corrected chi connectivity index (χ1v) is 9.59. The highest BCUT2D eigenvalue weighted by atomic mass is 16.2. The molecule has 3 fully saturated rings. The molecule has 1 atom stereocenters. The predicted octanol–water partition coefficient (Wildman–Crippen LogP) is 3.11. The summed E-state index contributed by atoms with van der Waals surface area (Å²) in [6.07, 6.45) is 11.3. The number of anilines is 1. The molecule has 1 aromatic heterocycles. The largest absolute Gasteiger partial charge is 0.356 e. The Morgan fingerprint density at radius 1 is 1.08 bits per heavy atom. The van der Waals surface area contributed by atoms with Crippen molar-refractivity contribution < 1.29 is 4.79 Å². The molecule has 5 heteroatoms. The van der Waals surface area contributed by atoms with E-state index < -0.39 is 0 Å². The van der Waals surface area contributed by atoms with Crippen LogP contribution in [-0.2, 0) is 4.79 Å². The third-order valence-corrected chi connectivity index (χ3v) is 5.85. The summed E-state index contributed by atoms with van der Waals surface area (Å²) in [6.45, 7) is 3.77. The van der Waals surface area contributed by atoms with Gasteiger partial charge in [0, 0.05) is 44.2 Å². The Balaban J connectivity index is 1.43. The fourth-order valence-electron chi connectivity index (χ4n) is 4.14. The molecule has 0 bridgehead atoms. The van der Waals surface area contributed by atoms with Crippen LogP contribution in [0.2, 0.25) is 0 Å². The van der Waals surface area contributed by atoms with Crippen molar-refractivity contribution in [3.63, 3.8) is 0 Å². The monoisotopic (exact) mass is 328 g/mol.